The Morgan fingerprint density at radius 3 is 2.00 bits per heavy atom. The SMILES string of the molecule is CCc1ccccc1N(CC(=O)Nc1cc(C(=O)OC)cc(C(=O)OC)c1)S(C)(=O)=O. The number of para-hydroxylation sites is 1. The summed E-state index contributed by atoms with van der Waals surface area (Å²) in [7, 11) is -1.40. The number of anilines is 2. The van der Waals surface area contributed by atoms with Gasteiger partial charge < -0.3 is 14.8 Å². The number of amides is 1. The molecule has 166 valence electrons. The van der Waals surface area contributed by atoms with Crippen LogP contribution in [0.15, 0.2) is 42.5 Å². The van der Waals surface area contributed by atoms with Gasteiger partial charge in [-0.05, 0) is 36.2 Å². The van der Waals surface area contributed by atoms with Gasteiger partial charge in [-0.1, -0.05) is 25.1 Å². The Kier molecular flexibility index (Phi) is 7.76. The van der Waals surface area contributed by atoms with Gasteiger partial charge in [0.05, 0.1) is 37.3 Å². The van der Waals surface area contributed by atoms with Crippen LogP contribution in [0.1, 0.15) is 33.2 Å². The van der Waals surface area contributed by atoms with E-state index in [1.807, 2.05) is 6.92 Å². The van der Waals surface area contributed by atoms with Crippen LogP contribution in [0, 0.1) is 0 Å². The van der Waals surface area contributed by atoms with Gasteiger partial charge in [0.15, 0.2) is 0 Å². The molecule has 0 spiro atoms. The third-order valence-electron chi connectivity index (χ3n) is 4.39. The molecule has 10 heteroatoms. The van der Waals surface area contributed by atoms with Gasteiger partial charge >= 0.3 is 11.9 Å². The summed E-state index contributed by atoms with van der Waals surface area (Å²) in [4.78, 5) is 36.5. The number of rotatable bonds is 8. The van der Waals surface area contributed by atoms with E-state index in [1.54, 1.807) is 24.3 Å². The Balaban J connectivity index is 2.36. The van der Waals surface area contributed by atoms with Gasteiger partial charge in [-0.25, -0.2) is 18.0 Å². The number of ether oxygens (including phenoxy) is 2. The molecule has 2 rings (SSSR count). The Labute approximate surface area is 181 Å². The third kappa shape index (κ3) is 6.05. The van der Waals surface area contributed by atoms with Gasteiger partial charge in [-0.2, -0.15) is 0 Å². The fraction of sp³-hybridized carbons (Fsp3) is 0.286. The van der Waals surface area contributed by atoms with E-state index in [0.29, 0.717) is 12.1 Å². The molecule has 0 saturated heterocycles. The highest BCUT2D eigenvalue weighted by Gasteiger charge is 2.23. The van der Waals surface area contributed by atoms with Crippen LogP contribution in [0.25, 0.3) is 0 Å². The molecule has 2 aromatic rings. The van der Waals surface area contributed by atoms with Crippen LogP contribution in [0.2, 0.25) is 0 Å². The van der Waals surface area contributed by atoms with E-state index < -0.39 is 34.4 Å². The number of carbonyl (C=O) groups excluding carboxylic acids is 3. The van der Waals surface area contributed by atoms with E-state index in [0.717, 1.165) is 16.1 Å². The minimum atomic E-state index is -3.76. The molecule has 31 heavy (non-hydrogen) atoms. The third-order valence-corrected chi connectivity index (χ3v) is 5.51. The van der Waals surface area contributed by atoms with Crippen LogP contribution in [0.4, 0.5) is 11.4 Å². The summed E-state index contributed by atoms with van der Waals surface area (Å²) in [5.41, 5.74) is 1.34. The van der Waals surface area contributed by atoms with Gasteiger partial charge in [0.25, 0.3) is 0 Å². The monoisotopic (exact) mass is 448 g/mol. The standard InChI is InChI=1S/C21H24N2O7S/c1-5-14-8-6-7-9-18(14)23(31(4,27)28)13-19(24)22-17-11-15(20(25)29-2)10-16(12-17)21(26)30-3/h6-12H,5,13H2,1-4H3,(H,22,24). The number of nitrogens with one attached hydrogen (secondary N) is 1. The van der Waals surface area contributed by atoms with Crippen LogP contribution < -0.4 is 9.62 Å². The second-order valence-corrected chi connectivity index (χ2v) is 8.49. The molecule has 0 bridgehead atoms. The summed E-state index contributed by atoms with van der Waals surface area (Å²) >= 11 is 0. The largest absolute Gasteiger partial charge is 0.465 e. The average Bonchev–Trinajstić information content (AvgIpc) is 2.75. The van der Waals surface area contributed by atoms with Crippen LogP contribution in [-0.4, -0.2) is 53.3 Å². The summed E-state index contributed by atoms with van der Waals surface area (Å²) in [6, 6.07) is 10.8. The Hall–Kier alpha value is -3.40. The molecule has 0 fully saturated rings. The highest BCUT2D eigenvalue weighted by molar-refractivity contribution is 7.92. The van der Waals surface area contributed by atoms with Crippen molar-refractivity contribution in [2.75, 3.05) is 36.6 Å². The summed E-state index contributed by atoms with van der Waals surface area (Å²) in [6.45, 7) is 1.39. The van der Waals surface area contributed by atoms with Crippen molar-refractivity contribution in [1.82, 2.24) is 0 Å². The molecule has 0 atom stereocenters. The van der Waals surface area contributed by atoms with Gasteiger partial charge in [-0.15, -0.1) is 0 Å². The highest BCUT2D eigenvalue weighted by atomic mass is 32.2. The summed E-state index contributed by atoms with van der Waals surface area (Å²) < 4.78 is 35.1. The molecule has 0 radical (unpaired) electrons. The first-order valence-corrected chi connectivity index (χ1v) is 11.1. The number of benzene rings is 2. The summed E-state index contributed by atoms with van der Waals surface area (Å²) in [6.07, 6.45) is 1.59. The first kappa shape index (κ1) is 23.9. The molecule has 0 saturated carbocycles. The number of aryl methyl sites for hydroxylation is 1. The maximum atomic E-state index is 12.7. The van der Waals surface area contributed by atoms with Crippen LogP contribution >= 0.6 is 0 Å². The summed E-state index contributed by atoms with van der Waals surface area (Å²) in [5.74, 6) is -2.08. The van der Waals surface area contributed by atoms with Crippen LogP contribution in [0.5, 0.6) is 0 Å². The molecule has 1 N–H and O–H groups in total. The minimum absolute atomic E-state index is 0.0250. The molecule has 9 nitrogen and oxygen atoms in total. The van der Waals surface area contributed by atoms with E-state index in [9.17, 15) is 22.8 Å². The van der Waals surface area contributed by atoms with Gasteiger partial charge in [-0.3, -0.25) is 9.10 Å². The number of esters is 2. The number of nitrogens with zero attached hydrogens (tertiary/aromatic N) is 1. The molecule has 0 unspecified atom stereocenters. The lowest BCUT2D eigenvalue weighted by molar-refractivity contribution is -0.114. The Morgan fingerprint density at radius 1 is 0.968 bits per heavy atom. The summed E-state index contributed by atoms with van der Waals surface area (Å²) in [5, 5.41) is 2.53. The highest BCUT2D eigenvalue weighted by Crippen LogP contribution is 2.24. The van der Waals surface area contributed by atoms with Crippen LogP contribution in [-0.2, 0) is 30.7 Å². The maximum absolute atomic E-state index is 12.7. The fourth-order valence-corrected chi connectivity index (χ4v) is 3.82. The van der Waals surface area contributed by atoms with Gasteiger partial charge in [0, 0.05) is 5.69 Å². The maximum Gasteiger partial charge on any atom is 0.337 e. The minimum Gasteiger partial charge on any atom is -0.465 e. The van der Waals surface area contributed by atoms with Crippen molar-refractivity contribution in [2.24, 2.45) is 0 Å². The number of methoxy groups -OCH3 is 2. The van der Waals surface area contributed by atoms with Crippen molar-refractivity contribution in [3.8, 4) is 0 Å². The molecule has 1 amide bonds. The molecule has 0 heterocycles. The van der Waals surface area contributed by atoms with Crippen molar-refractivity contribution in [3.05, 3.63) is 59.2 Å². The Bertz CT molecular complexity index is 1060. The number of hydrogen-bond acceptors (Lipinski definition) is 7. The van der Waals surface area contributed by atoms with E-state index in [-0.39, 0.29) is 16.8 Å². The zero-order valence-corrected chi connectivity index (χ0v) is 18.5. The molecular formula is C21H24N2O7S. The van der Waals surface area contributed by atoms with E-state index in [2.05, 4.69) is 14.8 Å². The quantitative estimate of drug-likeness (QED) is 0.615. The van der Waals surface area contributed by atoms with Crippen molar-refractivity contribution in [3.63, 3.8) is 0 Å². The lowest BCUT2D eigenvalue weighted by Crippen LogP contribution is -2.38. The van der Waals surface area contributed by atoms with Gasteiger partial charge in [0.1, 0.15) is 6.54 Å². The Morgan fingerprint density at radius 2 is 1.52 bits per heavy atom. The van der Waals surface area contributed by atoms with Crippen LogP contribution in [0.3, 0.4) is 0 Å². The first-order valence-electron chi connectivity index (χ1n) is 9.27. The predicted octanol–water partition coefficient (Wildman–Crippen LogP) is 2.23. The molecular weight excluding hydrogens is 424 g/mol. The number of carbonyl (C=O) groups is 3. The lowest BCUT2D eigenvalue weighted by Gasteiger charge is -2.24. The van der Waals surface area contributed by atoms with Crippen molar-refractivity contribution in [2.45, 2.75) is 13.3 Å². The van der Waals surface area contributed by atoms with E-state index in [4.69, 9.17) is 0 Å². The number of sulfonamides is 1. The van der Waals surface area contributed by atoms with Crippen molar-refractivity contribution < 1.29 is 32.3 Å². The first-order chi connectivity index (χ1) is 14.6. The predicted molar refractivity (Wildman–Crippen MR) is 116 cm³/mol. The average molecular weight is 448 g/mol. The topological polar surface area (TPSA) is 119 Å². The van der Waals surface area contributed by atoms with Gasteiger partial charge in [0.2, 0.25) is 15.9 Å². The zero-order valence-electron chi connectivity index (χ0n) is 17.7. The van der Waals surface area contributed by atoms with E-state index in [1.165, 1.54) is 32.4 Å². The lowest BCUT2D eigenvalue weighted by atomic mass is 10.1. The smallest absolute Gasteiger partial charge is 0.337 e. The normalized spacial score (nSPS) is 10.8. The molecule has 0 aliphatic rings. The molecule has 2 aromatic carbocycles. The second kappa shape index (κ2) is 10.1. The molecule has 0 aromatic heterocycles. The fourth-order valence-electron chi connectivity index (χ4n) is 2.94. The molecule has 0 aliphatic heterocycles. The van der Waals surface area contributed by atoms with Crippen molar-refractivity contribution >= 4 is 39.2 Å². The van der Waals surface area contributed by atoms with Crippen molar-refractivity contribution in [1.29, 1.82) is 0 Å². The zero-order chi connectivity index (χ0) is 23.2. The number of hydrogen-bond donors (Lipinski definition) is 1. The second-order valence-electron chi connectivity index (χ2n) is 6.58. The van der Waals surface area contributed by atoms with E-state index >= 15 is 0 Å². The molecule has 0 aliphatic carbocycles.